The van der Waals surface area contributed by atoms with E-state index < -0.39 is 35.0 Å². The summed E-state index contributed by atoms with van der Waals surface area (Å²) in [5, 5.41) is 11.7. The summed E-state index contributed by atoms with van der Waals surface area (Å²) in [6.07, 6.45) is 2.49. The number of phenolic OH excluding ortho intramolecular Hbond substituents is 1. The number of methoxy groups -OCH3 is 1. The number of halogens is 1. The van der Waals surface area contributed by atoms with E-state index >= 15 is 0 Å². The molecule has 0 aromatic heterocycles. The summed E-state index contributed by atoms with van der Waals surface area (Å²) in [5.74, 6) is -4.20. The Bertz CT molecular complexity index is 1720. The molecule has 2 heterocycles. The van der Waals surface area contributed by atoms with Gasteiger partial charge in [0.05, 0.1) is 41.7 Å². The van der Waals surface area contributed by atoms with Gasteiger partial charge in [0.15, 0.2) is 0 Å². The Kier molecular flexibility index (Phi) is 6.25. The topological polar surface area (TPSA) is 104 Å². The molecule has 2 saturated heterocycles. The highest BCUT2D eigenvalue weighted by Gasteiger charge is 2.68. The van der Waals surface area contributed by atoms with Crippen LogP contribution >= 0.6 is 11.6 Å². The van der Waals surface area contributed by atoms with Crippen LogP contribution in [0.5, 0.6) is 11.5 Å². The lowest BCUT2D eigenvalue weighted by molar-refractivity contribution is -0.131. The lowest BCUT2D eigenvalue weighted by Crippen LogP contribution is -2.48. The quantitative estimate of drug-likeness (QED) is 0.316. The number of allylic oxidation sites excluding steroid dienone is 2. The summed E-state index contributed by atoms with van der Waals surface area (Å²) in [6, 6.07) is 20.2. The monoisotopic (exact) mass is 596 g/mol. The molecule has 4 amide bonds. The average Bonchev–Trinajstić information content (AvgIpc) is 3.38. The molecule has 3 aromatic carbocycles. The van der Waals surface area contributed by atoms with Crippen LogP contribution < -0.4 is 14.5 Å². The molecule has 4 aliphatic rings. The van der Waals surface area contributed by atoms with Crippen LogP contribution in [0.25, 0.3) is 0 Å². The highest BCUT2D eigenvalue weighted by molar-refractivity contribution is 6.31. The van der Waals surface area contributed by atoms with Gasteiger partial charge in [0.2, 0.25) is 23.6 Å². The van der Waals surface area contributed by atoms with Crippen LogP contribution in [-0.4, -0.2) is 35.8 Å². The Labute approximate surface area is 253 Å². The number of hydrogen-bond donors (Lipinski definition) is 1. The number of ether oxygens (including phenoxy) is 1. The maximum absolute atomic E-state index is 14.4. The first-order valence-electron chi connectivity index (χ1n) is 14.3. The Balaban J connectivity index is 1.39. The molecule has 7 rings (SSSR count). The molecule has 9 heteroatoms. The smallest absolute Gasteiger partial charge is 0.241 e. The number of amides is 4. The number of imide groups is 2. The van der Waals surface area contributed by atoms with Gasteiger partial charge in [-0.2, -0.15) is 0 Å². The lowest BCUT2D eigenvalue weighted by atomic mass is 9.51. The average molecular weight is 597 g/mol. The highest BCUT2D eigenvalue weighted by Crippen LogP contribution is 2.64. The van der Waals surface area contributed by atoms with Crippen molar-refractivity contribution in [3.8, 4) is 11.5 Å². The molecule has 0 radical (unpaired) electrons. The molecule has 0 spiro atoms. The SMILES string of the molecule is COc1ccc(O)c([C@H]2C3=CC[C@@H]4C(=O)N(c5ccc(Cl)cc5)C(=O)[C@@H]4[C@@H]3C[C@H]3C(=O)N(c4ccccc4)C(=O)[C@@]23C)c1. The number of rotatable bonds is 4. The van der Waals surface area contributed by atoms with E-state index in [1.807, 2.05) is 12.1 Å². The zero-order chi connectivity index (χ0) is 30.2. The second kappa shape index (κ2) is 9.81. The van der Waals surface area contributed by atoms with Crippen LogP contribution in [0.4, 0.5) is 11.4 Å². The van der Waals surface area contributed by atoms with Crippen molar-refractivity contribution >= 4 is 46.6 Å². The largest absolute Gasteiger partial charge is 0.508 e. The van der Waals surface area contributed by atoms with E-state index in [0.29, 0.717) is 34.1 Å². The van der Waals surface area contributed by atoms with Gasteiger partial charge in [-0.15, -0.1) is 0 Å². The first-order valence-corrected chi connectivity index (χ1v) is 14.7. The molecule has 1 saturated carbocycles. The number of phenols is 1. The second-order valence-corrected chi connectivity index (χ2v) is 12.3. The molecule has 43 heavy (non-hydrogen) atoms. The fourth-order valence-corrected chi connectivity index (χ4v) is 8.04. The summed E-state index contributed by atoms with van der Waals surface area (Å²) in [7, 11) is 1.52. The highest BCUT2D eigenvalue weighted by atomic mass is 35.5. The summed E-state index contributed by atoms with van der Waals surface area (Å²) in [4.78, 5) is 58.9. The molecule has 0 unspecified atom stereocenters. The van der Waals surface area contributed by atoms with E-state index in [2.05, 4.69) is 0 Å². The molecule has 218 valence electrons. The van der Waals surface area contributed by atoms with Gasteiger partial charge in [-0.25, -0.2) is 4.90 Å². The minimum absolute atomic E-state index is 0.0375. The van der Waals surface area contributed by atoms with E-state index in [1.165, 1.54) is 23.0 Å². The molecular formula is C34H29ClN2O6. The Hall–Kier alpha value is -4.43. The van der Waals surface area contributed by atoms with Gasteiger partial charge in [0.25, 0.3) is 0 Å². The minimum Gasteiger partial charge on any atom is -0.508 e. The number of aromatic hydroxyl groups is 1. The molecule has 6 atom stereocenters. The number of carbonyl (C=O) groups excluding carboxylic acids is 4. The van der Waals surface area contributed by atoms with Crippen LogP contribution in [0.15, 0.2) is 84.4 Å². The molecule has 2 aliphatic heterocycles. The zero-order valence-electron chi connectivity index (χ0n) is 23.6. The predicted molar refractivity (Wildman–Crippen MR) is 160 cm³/mol. The van der Waals surface area contributed by atoms with Crippen molar-refractivity contribution in [2.45, 2.75) is 25.7 Å². The van der Waals surface area contributed by atoms with Crippen molar-refractivity contribution < 1.29 is 29.0 Å². The number of carbonyl (C=O) groups is 4. The van der Waals surface area contributed by atoms with Crippen molar-refractivity contribution in [3.63, 3.8) is 0 Å². The van der Waals surface area contributed by atoms with Crippen molar-refractivity contribution in [2.75, 3.05) is 16.9 Å². The molecule has 0 bridgehead atoms. The number of fused-ring (bicyclic) bond motifs is 4. The Morgan fingerprint density at radius 3 is 2.26 bits per heavy atom. The molecule has 3 fully saturated rings. The van der Waals surface area contributed by atoms with Gasteiger partial charge in [0, 0.05) is 16.5 Å². The van der Waals surface area contributed by atoms with Crippen LogP contribution in [0, 0.1) is 29.1 Å². The summed E-state index contributed by atoms with van der Waals surface area (Å²) in [6.45, 7) is 1.79. The van der Waals surface area contributed by atoms with Gasteiger partial charge >= 0.3 is 0 Å². The second-order valence-electron chi connectivity index (χ2n) is 11.9. The standard InChI is InChI=1S/C34H29ClN2O6/c1-34-26(31(40)37(33(34)42)19-6-4-3-5-7-19)17-24-22(29(34)25-16-21(43-2)12-15-27(25)38)13-14-23-28(24)32(41)36(30(23)39)20-10-8-18(35)9-11-20/h3-13,15-16,23-24,26,28-29,38H,14,17H2,1-2H3/t23-,24+,26-,28-,29+,34+/m0/s1. The number of nitrogens with zero attached hydrogens (tertiary/aromatic N) is 2. The van der Waals surface area contributed by atoms with Gasteiger partial charge in [0.1, 0.15) is 11.5 Å². The minimum atomic E-state index is -1.26. The zero-order valence-corrected chi connectivity index (χ0v) is 24.3. The lowest BCUT2D eigenvalue weighted by Gasteiger charge is -2.49. The van der Waals surface area contributed by atoms with Crippen LogP contribution in [0.3, 0.4) is 0 Å². The van der Waals surface area contributed by atoms with Gasteiger partial charge < -0.3 is 9.84 Å². The van der Waals surface area contributed by atoms with E-state index in [0.717, 1.165) is 5.57 Å². The first-order chi connectivity index (χ1) is 20.7. The number of hydrogen-bond acceptors (Lipinski definition) is 6. The predicted octanol–water partition coefficient (Wildman–Crippen LogP) is 5.49. The normalized spacial score (nSPS) is 29.7. The van der Waals surface area contributed by atoms with Gasteiger partial charge in [-0.3, -0.25) is 24.1 Å². The first kappa shape index (κ1) is 27.4. The van der Waals surface area contributed by atoms with E-state index in [9.17, 15) is 24.3 Å². The number of para-hydroxylation sites is 1. The Morgan fingerprint density at radius 2 is 1.56 bits per heavy atom. The molecular weight excluding hydrogens is 568 g/mol. The fourth-order valence-electron chi connectivity index (χ4n) is 7.92. The maximum atomic E-state index is 14.4. The number of anilines is 2. The van der Waals surface area contributed by atoms with Crippen LogP contribution in [0.1, 0.15) is 31.2 Å². The Morgan fingerprint density at radius 1 is 0.860 bits per heavy atom. The fraction of sp³-hybridized carbons (Fsp3) is 0.294. The van der Waals surface area contributed by atoms with E-state index in [-0.39, 0.29) is 35.8 Å². The van der Waals surface area contributed by atoms with Crippen LogP contribution in [0.2, 0.25) is 5.02 Å². The molecule has 1 N–H and O–H groups in total. The van der Waals surface area contributed by atoms with Crippen molar-refractivity contribution in [1.82, 2.24) is 0 Å². The summed E-state index contributed by atoms with van der Waals surface area (Å²) >= 11 is 6.07. The van der Waals surface area contributed by atoms with Crippen molar-refractivity contribution in [3.05, 3.63) is 95.0 Å². The number of benzene rings is 3. The molecule has 8 nitrogen and oxygen atoms in total. The molecule has 2 aliphatic carbocycles. The third-order valence-electron chi connectivity index (χ3n) is 9.92. The summed E-state index contributed by atoms with van der Waals surface area (Å²) in [5.41, 5.74) is 0.897. The van der Waals surface area contributed by atoms with E-state index in [1.54, 1.807) is 67.6 Å². The van der Waals surface area contributed by atoms with E-state index in [4.69, 9.17) is 16.3 Å². The van der Waals surface area contributed by atoms with Crippen molar-refractivity contribution in [2.24, 2.45) is 29.1 Å². The third-order valence-corrected chi connectivity index (χ3v) is 10.2. The maximum Gasteiger partial charge on any atom is 0.241 e. The van der Waals surface area contributed by atoms with Gasteiger partial charge in [-0.1, -0.05) is 41.4 Å². The van der Waals surface area contributed by atoms with Crippen LogP contribution in [-0.2, 0) is 19.2 Å². The van der Waals surface area contributed by atoms with Gasteiger partial charge in [-0.05, 0) is 80.3 Å². The third kappa shape index (κ3) is 3.82. The molecule has 3 aromatic rings. The summed E-state index contributed by atoms with van der Waals surface area (Å²) < 4.78 is 5.48. The van der Waals surface area contributed by atoms with Crippen molar-refractivity contribution in [1.29, 1.82) is 0 Å².